The highest BCUT2D eigenvalue weighted by Gasteiger charge is 2.27. The van der Waals surface area contributed by atoms with Crippen LogP contribution in [0.3, 0.4) is 0 Å². The van der Waals surface area contributed by atoms with Crippen LogP contribution < -0.4 is 23.8 Å². The lowest BCUT2D eigenvalue weighted by Crippen LogP contribution is -2.41. The molecule has 0 spiro atoms. The summed E-state index contributed by atoms with van der Waals surface area (Å²) in [5, 5.41) is 3.14. The van der Waals surface area contributed by atoms with Crippen LogP contribution in [0, 0.1) is 0 Å². The Morgan fingerprint density at radius 3 is 2.26 bits per heavy atom. The summed E-state index contributed by atoms with van der Waals surface area (Å²) in [4.78, 5) is 12.8. The molecule has 0 radical (unpaired) electrons. The van der Waals surface area contributed by atoms with Crippen molar-refractivity contribution in [2.75, 3.05) is 38.7 Å². The quantitative estimate of drug-likeness (QED) is 0.413. The van der Waals surface area contributed by atoms with Crippen molar-refractivity contribution in [2.24, 2.45) is 0 Å². The summed E-state index contributed by atoms with van der Waals surface area (Å²) in [6.45, 7) is -0.110. The van der Waals surface area contributed by atoms with Gasteiger partial charge in [0.25, 0.3) is 10.0 Å². The van der Waals surface area contributed by atoms with Gasteiger partial charge in [-0.25, -0.2) is 8.42 Å². The topological polar surface area (TPSA) is 94.2 Å². The first-order chi connectivity index (χ1) is 16.8. The van der Waals surface area contributed by atoms with Crippen LogP contribution in [0.1, 0.15) is 5.56 Å². The van der Waals surface area contributed by atoms with E-state index in [1.165, 1.54) is 25.3 Å². The number of hydrogen-bond acceptors (Lipinski definition) is 6. The first kappa shape index (κ1) is 26.2. The van der Waals surface area contributed by atoms with Crippen LogP contribution >= 0.6 is 11.6 Å². The average molecular weight is 519 g/mol. The number of benzene rings is 3. The molecular weight excluding hydrogens is 492 g/mol. The third-order valence-electron chi connectivity index (χ3n) is 5.21. The number of carbonyl (C=O) groups is 1. The summed E-state index contributed by atoms with van der Waals surface area (Å²) in [6, 6.07) is 17.8. The van der Waals surface area contributed by atoms with Crippen LogP contribution in [0.5, 0.6) is 17.2 Å². The Kier molecular flexibility index (Phi) is 8.84. The molecule has 3 aromatic carbocycles. The number of nitrogens with zero attached hydrogens (tertiary/aromatic N) is 1. The smallest absolute Gasteiger partial charge is 0.264 e. The van der Waals surface area contributed by atoms with Gasteiger partial charge < -0.3 is 19.5 Å². The summed E-state index contributed by atoms with van der Waals surface area (Å²) >= 11 is 6.10. The molecule has 0 saturated carbocycles. The number of carbonyl (C=O) groups excluding carboxylic acids is 1. The summed E-state index contributed by atoms with van der Waals surface area (Å²) in [6.07, 6.45) is 0.522. The summed E-state index contributed by atoms with van der Waals surface area (Å²) in [5.41, 5.74) is 1.21. The average Bonchev–Trinajstić information content (AvgIpc) is 2.87. The second kappa shape index (κ2) is 11.8. The SMILES string of the molecule is COc1ccc(S(=O)(=O)N(CC(=O)NCCc2ccc(OC)c(OC)c2)c2cccc(Cl)c2)cc1. The van der Waals surface area contributed by atoms with E-state index in [1.54, 1.807) is 50.6 Å². The molecule has 0 atom stereocenters. The molecule has 35 heavy (non-hydrogen) atoms. The summed E-state index contributed by atoms with van der Waals surface area (Å²) in [7, 11) is 0.549. The Bertz CT molecular complexity index is 1270. The molecule has 0 aliphatic carbocycles. The molecule has 8 nitrogen and oxygen atoms in total. The van der Waals surface area contributed by atoms with E-state index < -0.39 is 22.5 Å². The van der Waals surface area contributed by atoms with E-state index in [0.717, 1.165) is 9.87 Å². The molecular formula is C25H27ClN2O6S. The van der Waals surface area contributed by atoms with Crippen molar-refractivity contribution in [2.45, 2.75) is 11.3 Å². The number of amides is 1. The van der Waals surface area contributed by atoms with Gasteiger partial charge in [0, 0.05) is 11.6 Å². The fraction of sp³-hybridized carbons (Fsp3) is 0.240. The highest BCUT2D eigenvalue weighted by molar-refractivity contribution is 7.92. The number of nitrogens with one attached hydrogen (secondary N) is 1. The lowest BCUT2D eigenvalue weighted by Gasteiger charge is -2.24. The second-order valence-electron chi connectivity index (χ2n) is 7.46. The number of anilines is 1. The minimum Gasteiger partial charge on any atom is -0.497 e. The molecule has 10 heteroatoms. The summed E-state index contributed by atoms with van der Waals surface area (Å²) in [5.74, 6) is 1.27. The molecule has 0 bridgehead atoms. The van der Waals surface area contributed by atoms with Gasteiger partial charge in [0.15, 0.2) is 11.5 Å². The maximum absolute atomic E-state index is 13.4. The zero-order valence-electron chi connectivity index (χ0n) is 19.7. The van der Waals surface area contributed by atoms with Crippen molar-refractivity contribution in [3.8, 4) is 17.2 Å². The van der Waals surface area contributed by atoms with Crippen molar-refractivity contribution in [1.29, 1.82) is 0 Å². The Labute approximate surface area is 210 Å². The minimum absolute atomic E-state index is 0.0244. The van der Waals surface area contributed by atoms with Crippen molar-refractivity contribution in [3.05, 3.63) is 77.3 Å². The van der Waals surface area contributed by atoms with Crippen LogP contribution in [-0.4, -0.2) is 48.7 Å². The molecule has 0 aliphatic heterocycles. The lowest BCUT2D eigenvalue weighted by molar-refractivity contribution is -0.119. The molecule has 0 aromatic heterocycles. The zero-order valence-corrected chi connectivity index (χ0v) is 21.2. The van der Waals surface area contributed by atoms with Gasteiger partial charge in [0.1, 0.15) is 12.3 Å². The van der Waals surface area contributed by atoms with Crippen LogP contribution in [0.25, 0.3) is 0 Å². The third kappa shape index (κ3) is 6.58. The van der Waals surface area contributed by atoms with Crippen LogP contribution in [0.4, 0.5) is 5.69 Å². The number of sulfonamides is 1. The van der Waals surface area contributed by atoms with E-state index in [9.17, 15) is 13.2 Å². The molecule has 186 valence electrons. The maximum atomic E-state index is 13.4. The normalized spacial score (nSPS) is 11.0. The van der Waals surface area contributed by atoms with Gasteiger partial charge in [-0.05, 0) is 66.6 Å². The lowest BCUT2D eigenvalue weighted by atomic mass is 10.1. The van der Waals surface area contributed by atoms with E-state index in [1.807, 2.05) is 12.1 Å². The number of halogens is 1. The highest BCUT2D eigenvalue weighted by Crippen LogP contribution is 2.28. The Balaban J connectivity index is 1.75. The maximum Gasteiger partial charge on any atom is 0.264 e. The standard InChI is InChI=1S/C25H27ClN2O6S/c1-32-21-8-10-22(11-9-21)35(30,31)28(20-6-4-5-19(26)16-20)17-25(29)27-14-13-18-7-12-23(33-2)24(15-18)34-3/h4-12,15-16H,13-14,17H2,1-3H3,(H,27,29). The van der Waals surface area contributed by atoms with Gasteiger partial charge in [-0.2, -0.15) is 0 Å². The molecule has 3 aromatic rings. The van der Waals surface area contributed by atoms with Gasteiger partial charge >= 0.3 is 0 Å². The van der Waals surface area contributed by atoms with E-state index in [4.69, 9.17) is 25.8 Å². The number of ether oxygens (including phenoxy) is 3. The Morgan fingerprint density at radius 1 is 0.914 bits per heavy atom. The molecule has 1 N–H and O–H groups in total. The Hall–Kier alpha value is -3.43. The van der Waals surface area contributed by atoms with Gasteiger partial charge in [-0.15, -0.1) is 0 Å². The van der Waals surface area contributed by atoms with Gasteiger partial charge in [0.05, 0.1) is 31.9 Å². The Morgan fingerprint density at radius 2 is 1.63 bits per heavy atom. The fourth-order valence-electron chi connectivity index (χ4n) is 3.39. The predicted octanol–water partition coefficient (Wildman–Crippen LogP) is 3.92. The van der Waals surface area contributed by atoms with Crippen molar-refractivity contribution >= 4 is 33.2 Å². The van der Waals surface area contributed by atoms with Crippen molar-refractivity contribution in [1.82, 2.24) is 5.32 Å². The predicted molar refractivity (Wildman–Crippen MR) is 135 cm³/mol. The molecule has 1 amide bonds. The van der Waals surface area contributed by atoms with Crippen LogP contribution in [0.15, 0.2) is 71.6 Å². The van der Waals surface area contributed by atoms with Crippen molar-refractivity contribution in [3.63, 3.8) is 0 Å². The first-order valence-corrected chi connectivity index (χ1v) is 12.5. The van der Waals surface area contributed by atoms with E-state index in [0.29, 0.717) is 35.2 Å². The number of methoxy groups -OCH3 is 3. The van der Waals surface area contributed by atoms with Crippen LogP contribution in [0.2, 0.25) is 5.02 Å². The molecule has 3 rings (SSSR count). The minimum atomic E-state index is -4.06. The first-order valence-electron chi connectivity index (χ1n) is 10.7. The van der Waals surface area contributed by atoms with E-state index in [-0.39, 0.29) is 10.6 Å². The third-order valence-corrected chi connectivity index (χ3v) is 7.24. The van der Waals surface area contributed by atoms with Gasteiger partial charge in [0.2, 0.25) is 5.91 Å². The number of rotatable bonds is 11. The van der Waals surface area contributed by atoms with Crippen LogP contribution in [-0.2, 0) is 21.2 Å². The molecule has 0 aliphatic rings. The largest absolute Gasteiger partial charge is 0.497 e. The number of hydrogen-bond donors (Lipinski definition) is 1. The molecule has 0 unspecified atom stereocenters. The molecule has 0 heterocycles. The molecule has 0 saturated heterocycles. The van der Waals surface area contributed by atoms with E-state index in [2.05, 4.69) is 5.32 Å². The fourth-order valence-corrected chi connectivity index (χ4v) is 4.99. The molecule has 0 fully saturated rings. The summed E-state index contributed by atoms with van der Waals surface area (Å²) < 4.78 is 43.6. The monoisotopic (exact) mass is 518 g/mol. The highest BCUT2D eigenvalue weighted by atomic mass is 35.5. The van der Waals surface area contributed by atoms with E-state index >= 15 is 0 Å². The zero-order chi connectivity index (χ0) is 25.4. The second-order valence-corrected chi connectivity index (χ2v) is 9.76. The van der Waals surface area contributed by atoms with Crippen molar-refractivity contribution < 1.29 is 27.4 Å². The van der Waals surface area contributed by atoms with Gasteiger partial charge in [-0.3, -0.25) is 9.10 Å². The van der Waals surface area contributed by atoms with Gasteiger partial charge in [-0.1, -0.05) is 23.7 Å².